The summed E-state index contributed by atoms with van der Waals surface area (Å²) in [6.45, 7) is 2.67. The lowest BCUT2D eigenvalue weighted by atomic mass is 10.1. The molecule has 0 spiro atoms. The van der Waals surface area contributed by atoms with E-state index in [9.17, 15) is 14.4 Å². The monoisotopic (exact) mass is 367 g/mol. The zero-order valence-electron chi connectivity index (χ0n) is 15.2. The molecular weight excluding hydrogens is 346 g/mol. The number of nitrogens with one attached hydrogen (secondary N) is 2. The fraction of sp³-hybridized carbons (Fsp3) is 0.250. The van der Waals surface area contributed by atoms with Gasteiger partial charge in [-0.15, -0.1) is 0 Å². The van der Waals surface area contributed by atoms with Gasteiger partial charge in [0.15, 0.2) is 0 Å². The second-order valence-electron chi connectivity index (χ2n) is 6.26. The molecule has 7 nitrogen and oxygen atoms in total. The summed E-state index contributed by atoms with van der Waals surface area (Å²) in [4.78, 5) is 38.3. The minimum absolute atomic E-state index is 0.297. The van der Waals surface area contributed by atoms with Gasteiger partial charge in [-0.1, -0.05) is 18.2 Å². The van der Waals surface area contributed by atoms with Crippen LogP contribution in [-0.4, -0.2) is 43.0 Å². The van der Waals surface area contributed by atoms with E-state index in [1.165, 1.54) is 11.0 Å². The van der Waals surface area contributed by atoms with Crippen LogP contribution >= 0.6 is 0 Å². The summed E-state index contributed by atoms with van der Waals surface area (Å²) >= 11 is 0. The Morgan fingerprint density at radius 2 is 1.78 bits per heavy atom. The number of methoxy groups -OCH3 is 1. The van der Waals surface area contributed by atoms with Crippen molar-refractivity contribution in [3.63, 3.8) is 0 Å². The van der Waals surface area contributed by atoms with Crippen molar-refractivity contribution in [2.75, 3.05) is 30.9 Å². The van der Waals surface area contributed by atoms with Crippen LogP contribution in [0.5, 0.6) is 0 Å². The van der Waals surface area contributed by atoms with Gasteiger partial charge in [-0.25, -0.2) is 4.79 Å². The average molecular weight is 367 g/mol. The van der Waals surface area contributed by atoms with Crippen LogP contribution in [-0.2, 0) is 4.74 Å². The molecule has 1 aliphatic rings. The van der Waals surface area contributed by atoms with Gasteiger partial charge in [0.25, 0.3) is 11.8 Å². The summed E-state index contributed by atoms with van der Waals surface area (Å²) < 4.78 is 4.97. The number of hydrogen-bond acceptors (Lipinski definition) is 4. The Kier molecular flexibility index (Phi) is 5.52. The highest BCUT2D eigenvalue weighted by atomic mass is 16.5. The van der Waals surface area contributed by atoms with E-state index >= 15 is 0 Å². The van der Waals surface area contributed by atoms with Crippen molar-refractivity contribution in [2.24, 2.45) is 0 Å². The largest absolute Gasteiger partial charge is 0.385 e. The van der Waals surface area contributed by atoms with Crippen LogP contribution < -0.4 is 10.6 Å². The molecule has 1 heterocycles. The quantitative estimate of drug-likeness (QED) is 0.606. The lowest BCUT2D eigenvalue weighted by Crippen LogP contribution is -2.31. The Labute approximate surface area is 157 Å². The van der Waals surface area contributed by atoms with Crippen molar-refractivity contribution >= 4 is 29.2 Å². The van der Waals surface area contributed by atoms with E-state index in [2.05, 4.69) is 10.6 Å². The third kappa shape index (κ3) is 3.98. The molecule has 0 unspecified atom stereocenters. The molecule has 0 fully saturated rings. The van der Waals surface area contributed by atoms with Crippen molar-refractivity contribution in [3.8, 4) is 0 Å². The summed E-state index contributed by atoms with van der Waals surface area (Å²) in [5.74, 6) is -0.670. The molecule has 0 aliphatic carbocycles. The third-order valence-corrected chi connectivity index (χ3v) is 4.35. The van der Waals surface area contributed by atoms with Gasteiger partial charge in [0, 0.05) is 31.6 Å². The molecule has 0 atom stereocenters. The van der Waals surface area contributed by atoms with Crippen LogP contribution in [0.1, 0.15) is 32.7 Å². The Hall–Kier alpha value is -3.19. The minimum Gasteiger partial charge on any atom is -0.385 e. The standard InChI is InChI=1S/C20H21N3O4/c1-13-6-3-4-7-17(13)22-20(26)21-14-8-9-15-16(12-14)19(25)23(18(15)24)10-5-11-27-2/h3-4,6-9,12H,5,10-11H2,1-2H3,(H2,21,22,26). The van der Waals surface area contributed by atoms with Crippen LogP contribution in [0.3, 0.4) is 0 Å². The van der Waals surface area contributed by atoms with Gasteiger partial charge in [0.2, 0.25) is 0 Å². The fourth-order valence-corrected chi connectivity index (χ4v) is 2.94. The molecule has 2 aromatic carbocycles. The predicted octanol–water partition coefficient (Wildman–Crippen LogP) is 3.27. The van der Waals surface area contributed by atoms with Gasteiger partial charge in [0.05, 0.1) is 11.1 Å². The number of benzene rings is 2. The third-order valence-electron chi connectivity index (χ3n) is 4.35. The molecule has 7 heteroatoms. The lowest BCUT2D eigenvalue weighted by molar-refractivity contribution is 0.0638. The maximum atomic E-state index is 12.5. The number of hydrogen-bond donors (Lipinski definition) is 2. The van der Waals surface area contributed by atoms with E-state index in [-0.39, 0.29) is 11.8 Å². The highest BCUT2D eigenvalue weighted by Gasteiger charge is 2.35. The van der Waals surface area contributed by atoms with Gasteiger partial charge in [-0.2, -0.15) is 0 Å². The summed E-state index contributed by atoms with van der Waals surface area (Å²) in [6.07, 6.45) is 0.575. The van der Waals surface area contributed by atoms with Gasteiger partial charge < -0.3 is 15.4 Å². The number of fused-ring (bicyclic) bond motifs is 1. The minimum atomic E-state index is -0.419. The number of carbonyl (C=O) groups is 3. The second kappa shape index (κ2) is 8.01. The number of carbonyl (C=O) groups excluding carboxylic acids is 3. The Morgan fingerprint density at radius 3 is 2.52 bits per heavy atom. The maximum Gasteiger partial charge on any atom is 0.323 e. The fourth-order valence-electron chi connectivity index (χ4n) is 2.94. The molecule has 0 saturated heterocycles. The summed E-state index contributed by atoms with van der Waals surface area (Å²) in [5, 5.41) is 5.46. The number of para-hydroxylation sites is 1. The number of amides is 4. The highest BCUT2D eigenvalue weighted by molar-refractivity contribution is 6.22. The summed E-state index contributed by atoms with van der Waals surface area (Å²) in [5.41, 5.74) is 2.73. The SMILES string of the molecule is COCCCN1C(=O)c2ccc(NC(=O)Nc3ccccc3C)cc2C1=O. The van der Waals surface area contributed by atoms with Crippen molar-refractivity contribution in [3.05, 3.63) is 59.2 Å². The number of imide groups is 1. The van der Waals surface area contributed by atoms with Gasteiger partial charge in [-0.05, 0) is 43.2 Å². The summed E-state index contributed by atoms with van der Waals surface area (Å²) in [6, 6.07) is 11.7. The maximum absolute atomic E-state index is 12.5. The number of anilines is 2. The summed E-state index contributed by atoms with van der Waals surface area (Å²) in [7, 11) is 1.57. The van der Waals surface area contributed by atoms with Gasteiger partial charge in [0.1, 0.15) is 0 Å². The van der Waals surface area contributed by atoms with Crippen molar-refractivity contribution < 1.29 is 19.1 Å². The zero-order chi connectivity index (χ0) is 19.4. The Bertz CT molecular complexity index is 895. The molecular formula is C20H21N3O4. The molecule has 0 bridgehead atoms. The van der Waals surface area contributed by atoms with Crippen LogP contribution in [0.4, 0.5) is 16.2 Å². The first-order valence-corrected chi connectivity index (χ1v) is 8.64. The first-order chi connectivity index (χ1) is 13.0. The second-order valence-corrected chi connectivity index (χ2v) is 6.26. The van der Waals surface area contributed by atoms with Gasteiger partial charge >= 0.3 is 6.03 Å². The number of rotatable bonds is 6. The zero-order valence-corrected chi connectivity index (χ0v) is 15.2. The molecule has 140 valence electrons. The van der Waals surface area contributed by atoms with Crippen LogP contribution in [0, 0.1) is 6.92 Å². The first-order valence-electron chi connectivity index (χ1n) is 8.64. The van der Waals surface area contributed by atoms with E-state index < -0.39 is 6.03 Å². The number of urea groups is 1. The Morgan fingerprint density at radius 1 is 1.04 bits per heavy atom. The van der Waals surface area contributed by atoms with E-state index in [1.807, 2.05) is 25.1 Å². The average Bonchev–Trinajstić information content (AvgIpc) is 2.88. The molecule has 1 aliphatic heterocycles. The smallest absolute Gasteiger partial charge is 0.323 e. The van der Waals surface area contributed by atoms with E-state index in [0.29, 0.717) is 42.1 Å². The molecule has 2 N–H and O–H groups in total. The number of ether oxygens (including phenoxy) is 1. The lowest BCUT2D eigenvalue weighted by Gasteiger charge is -2.12. The number of nitrogens with zero attached hydrogens (tertiary/aromatic N) is 1. The molecule has 0 saturated carbocycles. The number of aryl methyl sites for hydroxylation is 1. The van der Waals surface area contributed by atoms with E-state index in [0.717, 1.165) is 5.56 Å². The Balaban J connectivity index is 1.70. The normalized spacial score (nSPS) is 12.9. The predicted molar refractivity (Wildman–Crippen MR) is 102 cm³/mol. The van der Waals surface area contributed by atoms with Crippen LogP contribution in [0.25, 0.3) is 0 Å². The molecule has 2 aromatic rings. The van der Waals surface area contributed by atoms with Crippen molar-refractivity contribution in [2.45, 2.75) is 13.3 Å². The van der Waals surface area contributed by atoms with Crippen LogP contribution in [0.15, 0.2) is 42.5 Å². The molecule has 27 heavy (non-hydrogen) atoms. The highest BCUT2D eigenvalue weighted by Crippen LogP contribution is 2.26. The molecule has 0 aromatic heterocycles. The van der Waals surface area contributed by atoms with Crippen molar-refractivity contribution in [1.29, 1.82) is 0 Å². The van der Waals surface area contributed by atoms with Crippen molar-refractivity contribution in [1.82, 2.24) is 4.90 Å². The first kappa shape index (κ1) is 18.6. The van der Waals surface area contributed by atoms with E-state index in [1.54, 1.807) is 25.3 Å². The molecule has 3 rings (SSSR count). The van der Waals surface area contributed by atoms with Crippen LogP contribution in [0.2, 0.25) is 0 Å². The molecule has 0 radical (unpaired) electrons. The van der Waals surface area contributed by atoms with Gasteiger partial charge in [-0.3, -0.25) is 14.5 Å². The van der Waals surface area contributed by atoms with E-state index in [4.69, 9.17) is 4.74 Å². The topological polar surface area (TPSA) is 87.7 Å². The molecule has 4 amide bonds.